The van der Waals surface area contributed by atoms with E-state index in [1.54, 1.807) is 0 Å². The maximum absolute atomic E-state index is 10.3. The largest absolute Gasteiger partial charge is 0.468 e. The Morgan fingerprint density at radius 2 is 1.47 bits per heavy atom. The van der Waals surface area contributed by atoms with Crippen LogP contribution in [0.15, 0.2) is 95.5 Å². The molecular formula is C26H22BrNO2. The molecule has 3 nitrogen and oxygen atoms in total. The molecule has 4 rings (SSSR count). The summed E-state index contributed by atoms with van der Waals surface area (Å²) in [5, 5.41) is 2.42. The summed E-state index contributed by atoms with van der Waals surface area (Å²) in [6.07, 6.45) is 1.69. The number of hydrogen-bond acceptors (Lipinski definition) is 3. The van der Waals surface area contributed by atoms with E-state index in [1.807, 2.05) is 0 Å². The Labute approximate surface area is 185 Å². The lowest BCUT2D eigenvalue weighted by atomic mass is 10.1. The van der Waals surface area contributed by atoms with Crippen molar-refractivity contribution in [3.63, 3.8) is 0 Å². The summed E-state index contributed by atoms with van der Waals surface area (Å²) in [7, 11) is 0. The number of ether oxygens (including phenoxy) is 1. The molecule has 4 heteroatoms. The standard InChI is InChI=1S/C26H22BrNO2/c27-22-12-16-24(17-13-22)28(26-9-3-7-21-6-1-2-8-25(21)26)23-14-10-20(11-15-23)5-4-18-30-19-29/h1-3,6-17,19H,4-5,18H2. The highest BCUT2D eigenvalue weighted by atomic mass is 79.9. The number of anilines is 3. The van der Waals surface area contributed by atoms with Crippen molar-refractivity contribution in [1.29, 1.82) is 0 Å². The van der Waals surface area contributed by atoms with E-state index in [2.05, 4.69) is 112 Å². The van der Waals surface area contributed by atoms with Gasteiger partial charge in [0, 0.05) is 21.2 Å². The van der Waals surface area contributed by atoms with Crippen molar-refractivity contribution in [2.75, 3.05) is 11.5 Å². The molecule has 0 spiro atoms. The van der Waals surface area contributed by atoms with E-state index in [1.165, 1.54) is 16.3 Å². The van der Waals surface area contributed by atoms with Crippen LogP contribution >= 0.6 is 15.9 Å². The molecule has 0 N–H and O–H groups in total. The van der Waals surface area contributed by atoms with Crippen LogP contribution < -0.4 is 4.90 Å². The minimum absolute atomic E-state index is 0.451. The van der Waals surface area contributed by atoms with Gasteiger partial charge in [0.1, 0.15) is 0 Å². The Morgan fingerprint density at radius 1 is 0.800 bits per heavy atom. The molecular weight excluding hydrogens is 438 g/mol. The number of aryl methyl sites for hydroxylation is 1. The third-order valence-electron chi connectivity index (χ3n) is 5.08. The molecule has 0 unspecified atom stereocenters. The summed E-state index contributed by atoms with van der Waals surface area (Å²) >= 11 is 3.54. The van der Waals surface area contributed by atoms with Crippen LogP contribution in [-0.2, 0) is 16.0 Å². The summed E-state index contributed by atoms with van der Waals surface area (Å²) in [6.45, 7) is 0.954. The van der Waals surface area contributed by atoms with Gasteiger partial charge in [-0.3, -0.25) is 4.79 Å². The first-order valence-electron chi connectivity index (χ1n) is 9.94. The quantitative estimate of drug-likeness (QED) is 0.206. The zero-order valence-corrected chi connectivity index (χ0v) is 18.1. The smallest absolute Gasteiger partial charge is 0.293 e. The first-order chi connectivity index (χ1) is 14.8. The average molecular weight is 460 g/mol. The third-order valence-corrected chi connectivity index (χ3v) is 5.61. The third kappa shape index (κ3) is 4.55. The highest BCUT2D eigenvalue weighted by molar-refractivity contribution is 9.10. The van der Waals surface area contributed by atoms with Crippen molar-refractivity contribution >= 4 is 50.2 Å². The molecule has 0 heterocycles. The number of carbonyl (C=O) groups is 1. The van der Waals surface area contributed by atoms with Crippen LogP contribution in [0.2, 0.25) is 0 Å². The minimum atomic E-state index is 0.451. The Morgan fingerprint density at radius 3 is 2.20 bits per heavy atom. The Bertz CT molecular complexity index is 1120. The van der Waals surface area contributed by atoms with Crippen LogP contribution in [-0.4, -0.2) is 13.1 Å². The molecule has 0 saturated heterocycles. The Balaban J connectivity index is 1.73. The second-order valence-corrected chi connectivity index (χ2v) is 7.96. The fourth-order valence-electron chi connectivity index (χ4n) is 3.64. The summed E-state index contributed by atoms with van der Waals surface area (Å²) in [6, 6.07) is 31.8. The van der Waals surface area contributed by atoms with Crippen molar-refractivity contribution in [1.82, 2.24) is 0 Å². The van der Waals surface area contributed by atoms with E-state index in [0.29, 0.717) is 13.1 Å². The van der Waals surface area contributed by atoms with Crippen LogP contribution in [0, 0.1) is 0 Å². The Kier molecular flexibility index (Phi) is 6.45. The second-order valence-electron chi connectivity index (χ2n) is 7.05. The maximum atomic E-state index is 10.3. The van der Waals surface area contributed by atoms with E-state index in [4.69, 9.17) is 4.74 Å². The Hall–Kier alpha value is -3.11. The normalized spacial score (nSPS) is 10.7. The van der Waals surface area contributed by atoms with Crippen molar-refractivity contribution in [2.45, 2.75) is 12.8 Å². The van der Waals surface area contributed by atoms with E-state index >= 15 is 0 Å². The lowest BCUT2D eigenvalue weighted by Crippen LogP contribution is -2.10. The fraction of sp³-hybridized carbons (Fsp3) is 0.115. The lowest BCUT2D eigenvalue weighted by molar-refractivity contribution is -0.128. The van der Waals surface area contributed by atoms with Gasteiger partial charge in [0.25, 0.3) is 6.47 Å². The summed E-state index contributed by atoms with van der Waals surface area (Å²) in [4.78, 5) is 12.6. The monoisotopic (exact) mass is 459 g/mol. The SMILES string of the molecule is O=COCCCc1ccc(N(c2ccc(Br)cc2)c2cccc3ccccc23)cc1. The van der Waals surface area contributed by atoms with Gasteiger partial charge < -0.3 is 9.64 Å². The first kappa shape index (κ1) is 20.2. The molecule has 0 radical (unpaired) electrons. The predicted molar refractivity (Wildman–Crippen MR) is 127 cm³/mol. The van der Waals surface area contributed by atoms with E-state index in [0.717, 1.165) is 34.4 Å². The number of hydrogen-bond donors (Lipinski definition) is 0. The van der Waals surface area contributed by atoms with Crippen LogP contribution in [0.1, 0.15) is 12.0 Å². The molecule has 0 aliphatic carbocycles. The van der Waals surface area contributed by atoms with Crippen LogP contribution in [0.5, 0.6) is 0 Å². The van der Waals surface area contributed by atoms with Gasteiger partial charge in [-0.2, -0.15) is 0 Å². The number of fused-ring (bicyclic) bond motifs is 1. The number of nitrogens with zero attached hydrogens (tertiary/aromatic N) is 1. The minimum Gasteiger partial charge on any atom is -0.468 e. The molecule has 0 saturated carbocycles. The number of carbonyl (C=O) groups excluding carboxylic acids is 1. The highest BCUT2D eigenvalue weighted by Crippen LogP contribution is 2.39. The van der Waals surface area contributed by atoms with Gasteiger partial charge in [0.15, 0.2) is 0 Å². The molecule has 0 atom stereocenters. The van der Waals surface area contributed by atoms with Crippen LogP contribution in [0.3, 0.4) is 0 Å². The molecule has 0 aliphatic rings. The van der Waals surface area contributed by atoms with Crippen molar-refractivity contribution in [3.05, 3.63) is 101 Å². The van der Waals surface area contributed by atoms with Gasteiger partial charge in [0.05, 0.1) is 12.3 Å². The summed E-state index contributed by atoms with van der Waals surface area (Å²) < 4.78 is 5.84. The van der Waals surface area contributed by atoms with Crippen molar-refractivity contribution in [2.24, 2.45) is 0 Å². The summed E-state index contributed by atoms with van der Waals surface area (Å²) in [5.41, 5.74) is 4.56. The topological polar surface area (TPSA) is 29.5 Å². The fourth-order valence-corrected chi connectivity index (χ4v) is 3.90. The van der Waals surface area contributed by atoms with Gasteiger partial charge in [-0.1, -0.05) is 64.5 Å². The highest BCUT2D eigenvalue weighted by Gasteiger charge is 2.15. The maximum Gasteiger partial charge on any atom is 0.293 e. The lowest BCUT2D eigenvalue weighted by Gasteiger charge is -2.27. The van der Waals surface area contributed by atoms with Gasteiger partial charge >= 0.3 is 0 Å². The predicted octanol–water partition coefficient (Wildman–Crippen LogP) is 7.18. The van der Waals surface area contributed by atoms with E-state index in [-0.39, 0.29) is 0 Å². The zero-order valence-electron chi connectivity index (χ0n) is 16.5. The molecule has 0 aromatic heterocycles. The summed E-state index contributed by atoms with van der Waals surface area (Å²) in [5.74, 6) is 0. The van der Waals surface area contributed by atoms with Gasteiger partial charge in [-0.25, -0.2) is 0 Å². The van der Waals surface area contributed by atoms with Gasteiger partial charge in [0.2, 0.25) is 0 Å². The molecule has 4 aromatic rings. The number of halogens is 1. The van der Waals surface area contributed by atoms with Crippen molar-refractivity contribution in [3.8, 4) is 0 Å². The molecule has 4 aromatic carbocycles. The van der Waals surface area contributed by atoms with Gasteiger partial charge in [-0.15, -0.1) is 0 Å². The van der Waals surface area contributed by atoms with Gasteiger partial charge in [-0.05, 0) is 66.3 Å². The second kappa shape index (κ2) is 9.59. The molecule has 0 fully saturated rings. The van der Waals surface area contributed by atoms with E-state index < -0.39 is 0 Å². The van der Waals surface area contributed by atoms with Crippen molar-refractivity contribution < 1.29 is 9.53 Å². The van der Waals surface area contributed by atoms with Crippen LogP contribution in [0.4, 0.5) is 17.1 Å². The molecule has 30 heavy (non-hydrogen) atoms. The molecule has 150 valence electrons. The van der Waals surface area contributed by atoms with E-state index in [9.17, 15) is 4.79 Å². The first-order valence-corrected chi connectivity index (χ1v) is 10.7. The van der Waals surface area contributed by atoms with Crippen LogP contribution in [0.25, 0.3) is 10.8 Å². The number of rotatable bonds is 8. The molecule has 0 bridgehead atoms. The number of benzene rings is 4. The molecule has 0 amide bonds. The average Bonchev–Trinajstić information content (AvgIpc) is 2.79. The molecule has 0 aliphatic heterocycles. The zero-order chi connectivity index (χ0) is 20.8.